The molecule has 0 radical (unpaired) electrons. The highest BCUT2D eigenvalue weighted by molar-refractivity contribution is 5.97. The number of hydrogen-bond acceptors (Lipinski definition) is 5. The van der Waals surface area contributed by atoms with Gasteiger partial charge in [0.25, 0.3) is 5.91 Å². The predicted molar refractivity (Wildman–Crippen MR) is 110 cm³/mol. The van der Waals surface area contributed by atoms with Gasteiger partial charge in [-0.15, -0.1) is 0 Å². The highest BCUT2D eigenvalue weighted by atomic mass is 16.5. The highest BCUT2D eigenvalue weighted by Gasteiger charge is 2.43. The summed E-state index contributed by atoms with van der Waals surface area (Å²) in [6, 6.07) is 12.2. The molecule has 1 fully saturated rings. The third-order valence-electron chi connectivity index (χ3n) is 5.70. The zero-order valence-corrected chi connectivity index (χ0v) is 16.3. The largest absolute Gasteiger partial charge is 0.504 e. The number of nitrogens with one attached hydrogen (secondary N) is 1. The predicted octanol–water partition coefficient (Wildman–Crippen LogP) is 2.01. The van der Waals surface area contributed by atoms with Gasteiger partial charge in [0.2, 0.25) is 5.91 Å². The van der Waals surface area contributed by atoms with Crippen molar-refractivity contribution in [2.45, 2.75) is 19.0 Å². The van der Waals surface area contributed by atoms with Crippen molar-refractivity contribution in [3.63, 3.8) is 0 Å². The van der Waals surface area contributed by atoms with E-state index in [0.29, 0.717) is 24.3 Å². The zero-order valence-electron chi connectivity index (χ0n) is 16.3. The molecule has 30 heavy (non-hydrogen) atoms. The lowest BCUT2D eigenvalue weighted by molar-refractivity contribution is -0.157. The van der Waals surface area contributed by atoms with Crippen LogP contribution in [0, 0.1) is 0 Å². The number of nitrogens with zero attached hydrogens (tertiary/aromatic N) is 3. The number of amides is 2. The summed E-state index contributed by atoms with van der Waals surface area (Å²) in [4.78, 5) is 30.9. The number of para-hydroxylation sites is 1. The Morgan fingerprint density at radius 3 is 2.87 bits per heavy atom. The Labute approximate surface area is 172 Å². The van der Waals surface area contributed by atoms with Crippen molar-refractivity contribution in [2.24, 2.45) is 5.10 Å². The summed E-state index contributed by atoms with van der Waals surface area (Å²) >= 11 is 0. The number of methoxy groups -OCH3 is 1. The summed E-state index contributed by atoms with van der Waals surface area (Å²) in [5, 5.41) is 16.3. The van der Waals surface area contributed by atoms with Crippen LogP contribution in [-0.4, -0.2) is 57.7 Å². The van der Waals surface area contributed by atoms with Crippen LogP contribution in [0.4, 0.5) is 0 Å². The van der Waals surface area contributed by atoms with Crippen LogP contribution in [0.5, 0.6) is 11.5 Å². The van der Waals surface area contributed by atoms with Crippen LogP contribution in [0.15, 0.2) is 47.6 Å². The molecule has 8 nitrogen and oxygen atoms in total. The number of carbonyl (C=O) groups is 2. The third kappa shape index (κ3) is 2.88. The molecule has 8 heteroatoms. The van der Waals surface area contributed by atoms with Crippen molar-refractivity contribution in [3.05, 3.63) is 59.3 Å². The van der Waals surface area contributed by atoms with E-state index in [0.717, 1.165) is 22.2 Å². The maximum Gasteiger partial charge on any atom is 0.266 e. The summed E-state index contributed by atoms with van der Waals surface area (Å²) in [7, 11) is 1.46. The molecule has 1 aromatic heterocycles. The van der Waals surface area contributed by atoms with Crippen molar-refractivity contribution in [3.8, 4) is 11.5 Å². The molecular weight excluding hydrogens is 384 g/mol. The number of piperazine rings is 1. The number of phenols is 1. The van der Waals surface area contributed by atoms with Crippen molar-refractivity contribution >= 4 is 28.9 Å². The monoisotopic (exact) mass is 404 g/mol. The van der Waals surface area contributed by atoms with Crippen LogP contribution in [0.2, 0.25) is 0 Å². The molecular formula is C22H20N4O4. The number of aromatic nitrogens is 1. The van der Waals surface area contributed by atoms with E-state index in [4.69, 9.17) is 4.74 Å². The van der Waals surface area contributed by atoms with Crippen LogP contribution in [0.1, 0.15) is 16.8 Å². The summed E-state index contributed by atoms with van der Waals surface area (Å²) in [5.41, 5.74) is 3.73. The average Bonchev–Trinajstić information content (AvgIpc) is 3.13. The van der Waals surface area contributed by atoms with Crippen LogP contribution in [-0.2, 0) is 22.6 Å². The van der Waals surface area contributed by atoms with Crippen LogP contribution >= 0.6 is 0 Å². The Morgan fingerprint density at radius 2 is 2.03 bits per heavy atom. The molecule has 152 valence electrons. The molecule has 2 aromatic carbocycles. The molecule has 3 heterocycles. The minimum atomic E-state index is -0.565. The van der Waals surface area contributed by atoms with E-state index in [-0.39, 0.29) is 24.1 Å². The maximum absolute atomic E-state index is 13.1. The van der Waals surface area contributed by atoms with Gasteiger partial charge >= 0.3 is 0 Å². The van der Waals surface area contributed by atoms with E-state index >= 15 is 0 Å². The number of phenolic OH excluding ortho intramolecular Hbond substituents is 1. The van der Waals surface area contributed by atoms with Gasteiger partial charge in [0, 0.05) is 23.0 Å². The molecule has 0 saturated carbocycles. The van der Waals surface area contributed by atoms with E-state index < -0.39 is 6.04 Å². The molecule has 5 rings (SSSR count). The Balaban J connectivity index is 1.42. The number of hydrazone groups is 1. The smallest absolute Gasteiger partial charge is 0.266 e. The Kier molecular flexibility index (Phi) is 4.20. The van der Waals surface area contributed by atoms with Gasteiger partial charge in [-0.3, -0.25) is 9.59 Å². The number of ether oxygens (including phenoxy) is 1. The molecule has 0 unspecified atom stereocenters. The number of benzene rings is 2. The third-order valence-corrected chi connectivity index (χ3v) is 5.70. The Hall–Kier alpha value is -3.81. The lowest BCUT2D eigenvalue weighted by Crippen LogP contribution is -2.60. The van der Waals surface area contributed by atoms with Gasteiger partial charge in [-0.05, 0) is 35.4 Å². The van der Waals surface area contributed by atoms with Gasteiger partial charge in [0.15, 0.2) is 11.5 Å². The maximum atomic E-state index is 13.1. The van der Waals surface area contributed by atoms with E-state index in [1.165, 1.54) is 24.4 Å². The highest BCUT2D eigenvalue weighted by Crippen LogP contribution is 2.32. The number of H-pyrrole nitrogens is 1. The number of aromatic hydroxyl groups is 1. The van der Waals surface area contributed by atoms with E-state index in [1.54, 1.807) is 17.0 Å². The molecule has 0 spiro atoms. The number of hydrogen-bond donors (Lipinski definition) is 2. The lowest BCUT2D eigenvalue weighted by Gasteiger charge is -2.40. The van der Waals surface area contributed by atoms with Crippen molar-refractivity contribution in [1.82, 2.24) is 14.9 Å². The quantitative estimate of drug-likeness (QED) is 0.653. The first kappa shape index (κ1) is 18.2. The topological polar surface area (TPSA) is 98.2 Å². The van der Waals surface area contributed by atoms with Crippen LogP contribution in [0.3, 0.4) is 0 Å². The van der Waals surface area contributed by atoms with Crippen molar-refractivity contribution in [1.29, 1.82) is 0 Å². The number of carbonyl (C=O) groups excluding carboxylic acids is 2. The van der Waals surface area contributed by atoms with Crippen molar-refractivity contribution in [2.75, 3.05) is 13.7 Å². The Morgan fingerprint density at radius 1 is 1.20 bits per heavy atom. The fraction of sp³-hybridized carbons (Fsp3) is 0.227. The standard InChI is InChI=1S/C22H20N4O4/c1-30-20-8-13(6-7-19(20)27)10-23-26-12-21(28)25-11-17-15(9-18(25)22(26)29)14-4-2-3-5-16(14)24-17/h2-8,10,18,24,27H,9,11-12H2,1H3/b23-10+/t18-/m0/s1. The number of aromatic amines is 1. The second-order valence-corrected chi connectivity index (χ2v) is 7.44. The van der Waals surface area contributed by atoms with Gasteiger partial charge in [-0.25, -0.2) is 5.01 Å². The van der Waals surface area contributed by atoms with Gasteiger partial charge < -0.3 is 19.7 Å². The van der Waals surface area contributed by atoms with Crippen LogP contribution in [0.25, 0.3) is 10.9 Å². The van der Waals surface area contributed by atoms with Crippen LogP contribution < -0.4 is 4.74 Å². The fourth-order valence-electron chi connectivity index (χ4n) is 4.17. The molecule has 1 saturated heterocycles. The molecule has 2 N–H and O–H groups in total. The van der Waals surface area contributed by atoms with E-state index in [2.05, 4.69) is 10.1 Å². The molecule has 1 atom stereocenters. The first-order valence-electron chi connectivity index (χ1n) is 9.65. The van der Waals surface area contributed by atoms with Gasteiger partial charge in [-0.1, -0.05) is 18.2 Å². The Bertz CT molecular complexity index is 1200. The molecule has 0 aliphatic carbocycles. The minimum absolute atomic E-state index is 0.0197. The first-order chi connectivity index (χ1) is 14.5. The number of rotatable bonds is 3. The average molecular weight is 404 g/mol. The van der Waals surface area contributed by atoms with Gasteiger partial charge in [0.05, 0.1) is 19.9 Å². The van der Waals surface area contributed by atoms with Gasteiger partial charge in [-0.2, -0.15) is 5.10 Å². The lowest BCUT2D eigenvalue weighted by atomic mass is 9.94. The van der Waals surface area contributed by atoms with E-state index in [9.17, 15) is 14.7 Å². The summed E-state index contributed by atoms with van der Waals surface area (Å²) in [5.74, 6) is -0.00607. The summed E-state index contributed by atoms with van der Waals surface area (Å²) < 4.78 is 5.09. The fourth-order valence-corrected chi connectivity index (χ4v) is 4.17. The minimum Gasteiger partial charge on any atom is -0.504 e. The zero-order chi connectivity index (χ0) is 20.8. The second kappa shape index (κ2) is 6.91. The molecule has 3 aromatic rings. The molecule has 2 aliphatic rings. The first-order valence-corrected chi connectivity index (χ1v) is 9.65. The summed E-state index contributed by atoms with van der Waals surface area (Å²) in [6.45, 7) is 0.294. The summed E-state index contributed by atoms with van der Waals surface area (Å²) in [6.07, 6.45) is 1.95. The SMILES string of the molecule is COc1cc(/C=N/N2CC(=O)N3Cc4[nH]c5ccccc5c4C[C@H]3C2=O)ccc1O. The molecule has 0 bridgehead atoms. The normalized spacial score (nSPS) is 18.8. The second-order valence-electron chi connectivity index (χ2n) is 7.44. The number of fused-ring (bicyclic) bond motifs is 4. The molecule has 2 aliphatic heterocycles. The van der Waals surface area contributed by atoms with Gasteiger partial charge in [0.1, 0.15) is 12.6 Å². The van der Waals surface area contributed by atoms with Crippen molar-refractivity contribution < 1.29 is 19.4 Å². The van der Waals surface area contributed by atoms with E-state index in [1.807, 2.05) is 24.3 Å². The molecule has 2 amide bonds.